The first kappa shape index (κ1) is 13.8. The maximum absolute atomic E-state index is 6.27. The summed E-state index contributed by atoms with van der Waals surface area (Å²) in [5.41, 5.74) is 0. The molecule has 0 saturated carbocycles. The molecule has 3 fully saturated rings. The lowest BCUT2D eigenvalue weighted by Gasteiger charge is -2.41. The van der Waals surface area contributed by atoms with E-state index >= 15 is 0 Å². The molecule has 0 radical (unpaired) electrons. The van der Waals surface area contributed by atoms with Crippen molar-refractivity contribution in [3.63, 3.8) is 0 Å². The quantitative estimate of drug-likeness (QED) is 0.815. The van der Waals surface area contributed by atoms with Gasteiger partial charge in [0.05, 0.1) is 12.2 Å². The Bertz CT molecular complexity index is 267. The lowest BCUT2D eigenvalue weighted by atomic mass is 9.98. The third-order valence-electron chi connectivity index (χ3n) is 4.86. The van der Waals surface area contributed by atoms with Gasteiger partial charge in [-0.05, 0) is 51.7 Å². The molecular formula is C15H29N3O. The topological polar surface area (TPSA) is 27.7 Å². The van der Waals surface area contributed by atoms with Gasteiger partial charge in [0.2, 0.25) is 0 Å². The highest BCUT2D eigenvalue weighted by molar-refractivity contribution is 4.83. The zero-order valence-electron chi connectivity index (χ0n) is 12.3. The Labute approximate surface area is 117 Å². The predicted molar refractivity (Wildman–Crippen MR) is 77.4 cm³/mol. The van der Waals surface area contributed by atoms with Gasteiger partial charge in [0.1, 0.15) is 0 Å². The summed E-state index contributed by atoms with van der Waals surface area (Å²) in [5, 5.41) is 3.40. The van der Waals surface area contributed by atoms with Crippen LogP contribution in [0.3, 0.4) is 0 Å². The Hall–Kier alpha value is -0.160. The van der Waals surface area contributed by atoms with Gasteiger partial charge in [0, 0.05) is 32.7 Å². The van der Waals surface area contributed by atoms with Gasteiger partial charge in [-0.25, -0.2) is 0 Å². The normalized spacial score (nSPS) is 29.5. The highest BCUT2D eigenvalue weighted by Crippen LogP contribution is 2.21. The summed E-state index contributed by atoms with van der Waals surface area (Å²) in [6, 6.07) is 0. The van der Waals surface area contributed by atoms with E-state index in [9.17, 15) is 0 Å². The molecule has 4 nitrogen and oxygen atoms in total. The second-order valence-corrected chi connectivity index (χ2v) is 6.67. The largest absolute Gasteiger partial charge is 0.375 e. The number of hydrogen-bond donors (Lipinski definition) is 1. The number of ether oxygens (including phenoxy) is 1. The molecule has 0 aromatic heterocycles. The number of piperidine rings is 2. The van der Waals surface area contributed by atoms with Crippen LogP contribution in [0.5, 0.6) is 0 Å². The highest BCUT2D eigenvalue weighted by Gasteiger charge is 2.28. The zero-order chi connectivity index (χ0) is 13.1. The number of nitrogens with one attached hydrogen (secondary N) is 1. The van der Waals surface area contributed by atoms with E-state index in [0.717, 1.165) is 19.0 Å². The molecule has 3 heterocycles. The summed E-state index contributed by atoms with van der Waals surface area (Å²) in [5.74, 6) is 0.923. The van der Waals surface area contributed by atoms with Crippen LogP contribution in [0.4, 0.5) is 0 Å². The van der Waals surface area contributed by atoms with Gasteiger partial charge >= 0.3 is 0 Å². The van der Waals surface area contributed by atoms with E-state index in [0.29, 0.717) is 12.2 Å². The first-order valence-electron chi connectivity index (χ1n) is 8.06. The van der Waals surface area contributed by atoms with Crippen molar-refractivity contribution in [2.75, 3.05) is 52.9 Å². The van der Waals surface area contributed by atoms with Crippen molar-refractivity contribution in [3.05, 3.63) is 0 Å². The minimum atomic E-state index is 0.526. The molecule has 3 saturated heterocycles. The molecule has 1 N–H and O–H groups in total. The van der Waals surface area contributed by atoms with Crippen molar-refractivity contribution in [3.8, 4) is 0 Å². The van der Waals surface area contributed by atoms with Gasteiger partial charge in [0.15, 0.2) is 0 Å². The van der Waals surface area contributed by atoms with Gasteiger partial charge < -0.3 is 19.9 Å². The van der Waals surface area contributed by atoms with Crippen LogP contribution in [0.25, 0.3) is 0 Å². The average molecular weight is 267 g/mol. The summed E-state index contributed by atoms with van der Waals surface area (Å²) in [6.07, 6.45) is 5.95. The molecule has 0 atom stereocenters. The Balaban J connectivity index is 1.32. The van der Waals surface area contributed by atoms with Crippen molar-refractivity contribution >= 4 is 0 Å². The molecule has 0 aromatic carbocycles. The molecule has 0 unspecified atom stereocenters. The van der Waals surface area contributed by atoms with Crippen LogP contribution in [0.1, 0.15) is 25.7 Å². The van der Waals surface area contributed by atoms with E-state index in [-0.39, 0.29) is 0 Å². The molecule has 3 rings (SSSR count). The minimum Gasteiger partial charge on any atom is -0.375 e. The maximum Gasteiger partial charge on any atom is 0.0603 e. The lowest BCUT2D eigenvalue weighted by Crippen LogP contribution is -2.51. The van der Waals surface area contributed by atoms with E-state index in [1.807, 2.05) is 0 Å². The van der Waals surface area contributed by atoms with Gasteiger partial charge in [0.25, 0.3) is 0 Å². The van der Waals surface area contributed by atoms with Crippen LogP contribution in [0, 0.1) is 5.92 Å². The van der Waals surface area contributed by atoms with E-state index < -0.39 is 0 Å². The third-order valence-corrected chi connectivity index (χ3v) is 4.86. The van der Waals surface area contributed by atoms with Crippen LogP contribution < -0.4 is 5.32 Å². The fraction of sp³-hybridized carbons (Fsp3) is 1.00. The molecule has 4 heteroatoms. The van der Waals surface area contributed by atoms with E-state index in [1.54, 1.807) is 0 Å². The number of rotatable bonds is 4. The molecular weight excluding hydrogens is 238 g/mol. The standard InChI is InChI=1S/C15H29N3O/c1-17-10-13(11-17)12-18-8-4-15(5-9-18)19-14-2-6-16-7-3-14/h13-16H,2-12H2,1H3. The summed E-state index contributed by atoms with van der Waals surface area (Å²) in [6.45, 7) is 8.67. The predicted octanol–water partition coefficient (Wildman–Crippen LogP) is 0.781. The van der Waals surface area contributed by atoms with E-state index in [2.05, 4.69) is 22.2 Å². The second-order valence-electron chi connectivity index (χ2n) is 6.67. The van der Waals surface area contributed by atoms with Crippen molar-refractivity contribution in [2.24, 2.45) is 5.92 Å². The molecule has 3 aliphatic heterocycles. The van der Waals surface area contributed by atoms with Crippen LogP contribution in [-0.2, 0) is 4.74 Å². The molecule has 3 aliphatic rings. The summed E-state index contributed by atoms with van der Waals surface area (Å²) in [4.78, 5) is 5.07. The fourth-order valence-electron chi connectivity index (χ4n) is 3.74. The summed E-state index contributed by atoms with van der Waals surface area (Å²) < 4.78 is 6.27. The molecule has 0 aliphatic carbocycles. The Kier molecular flexibility index (Phi) is 4.74. The van der Waals surface area contributed by atoms with Crippen LogP contribution in [-0.4, -0.2) is 74.9 Å². The van der Waals surface area contributed by atoms with Gasteiger partial charge in [-0.1, -0.05) is 0 Å². The SMILES string of the molecule is CN1CC(CN2CCC(OC3CCNCC3)CC2)C1. The summed E-state index contributed by atoms with van der Waals surface area (Å²) >= 11 is 0. The van der Waals surface area contributed by atoms with Gasteiger partial charge in [-0.2, -0.15) is 0 Å². The molecule has 0 aromatic rings. The number of likely N-dealkylation sites (tertiary alicyclic amines) is 2. The smallest absolute Gasteiger partial charge is 0.0603 e. The Morgan fingerprint density at radius 3 is 2.26 bits per heavy atom. The molecule has 0 bridgehead atoms. The Morgan fingerprint density at radius 1 is 1.00 bits per heavy atom. The van der Waals surface area contributed by atoms with Gasteiger partial charge in [-0.3, -0.25) is 0 Å². The molecule has 0 spiro atoms. The lowest BCUT2D eigenvalue weighted by molar-refractivity contribution is -0.0567. The highest BCUT2D eigenvalue weighted by atomic mass is 16.5. The summed E-state index contributed by atoms with van der Waals surface area (Å²) in [7, 11) is 2.22. The van der Waals surface area contributed by atoms with E-state index in [4.69, 9.17) is 4.74 Å². The average Bonchev–Trinajstić information content (AvgIpc) is 2.40. The van der Waals surface area contributed by atoms with Crippen LogP contribution >= 0.6 is 0 Å². The van der Waals surface area contributed by atoms with E-state index in [1.165, 1.54) is 58.4 Å². The monoisotopic (exact) mass is 267 g/mol. The first-order chi connectivity index (χ1) is 9.29. The van der Waals surface area contributed by atoms with Crippen molar-refractivity contribution in [1.82, 2.24) is 15.1 Å². The minimum absolute atomic E-state index is 0.526. The van der Waals surface area contributed by atoms with Crippen LogP contribution in [0.15, 0.2) is 0 Å². The Morgan fingerprint density at radius 2 is 1.63 bits per heavy atom. The molecule has 110 valence electrons. The van der Waals surface area contributed by atoms with Crippen molar-refractivity contribution in [2.45, 2.75) is 37.9 Å². The number of hydrogen-bond acceptors (Lipinski definition) is 4. The number of nitrogens with zero attached hydrogens (tertiary/aromatic N) is 2. The molecule has 19 heavy (non-hydrogen) atoms. The third kappa shape index (κ3) is 3.91. The molecule has 0 amide bonds. The first-order valence-corrected chi connectivity index (χ1v) is 8.06. The second kappa shape index (κ2) is 6.53. The van der Waals surface area contributed by atoms with Crippen LogP contribution in [0.2, 0.25) is 0 Å². The maximum atomic E-state index is 6.27. The van der Waals surface area contributed by atoms with Gasteiger partial charge in [-0.15, -0.1) is 0 Å². The fourth-order valence-corrected chi connectivity index (χ4v) is 3.74. The van der Waals surface area contributed by atoms with Crippen molar-refractivity contribution < 1.29 is 4.74 Å². The van der Waals surface area contributed by atoms with Crippen molar-refractivity contribution in [1.29, 1.82) is 0 Å². The zero-order valence-corrected chi connectivity index (χ0v) is 12.3.